The van der Waals surface area contributed by atoms with E-state index in [0.29, 0.717) is 35.8 Å². The zero-order valence-electron chi connectivity index (χ0n) is 17.9. The first-order valence-electron chi connectivity index (χ1n) is 9.96. The Morgan fingerprint density at radius 3 is 1.84 bits per heavy atom. The lowest BCUT2D eigenvalue weighted by Crippen LogP contribution is -2.30. The molecule has 6 heteroatoms. The van der Waals surface area contributed by atoms with Gasteiger partial charge in [0.2, 0.25) is 5.91 Å². The summed E-state index contributed by atoms with van der Waals surface area (Å²) in [7, 11) is 1.75. The number of carbonyl (C=O) groups is 2. The zero-order valence-corrected chi connectivity index (χ0v) is 17.9. The molecule has 2 amide bonds. The average Bonchev–Trinajstić information content (AvgIpc) is 2.73. The third-order valence-electron chi connectivity index (χ3n) is 4.71. The number of benzene rings is 3. The van der Waals surface area contributed by atoms with Crippen LogP contribution < -0.4 is 15.2 Å². The fourth-order valence-corrected chi connectivity index (χ4v) is 3.13. The molecule has 0 bridgehead atoms. The van der Waals surface area contributed by atoms with E-state index in [4.69, 9.17) is 15.2 Å². The molecule has 31 heavy (non-hydrogen) atoms. The Bertz CT molecular complexity index is 1040. The number of hydrogen-bond acceptors (Lipinski definition) is 4. The van der Waals surface area contributed by atoms with Crippen molar-refractivity contribution in [3.63, 3.8) is 0 Å². The number of aryl methyl sites for hydroxylation is 2. The Morgan fingerprint density at radius 1 is 0.806 bits per heavy atom. The lowest BCUT2D eigenvalue weighted by Gasteiger charge is -2.18. The number of hydrogen-bond donors (Lipinski definition) is 1. The molecule has 0 unspecified atom stereocenters. The average molecular weight is 418 g/mol. The maximum atomic E-state index is 12.7. The van der Waals surface area contributed by atoms with Gasteiger partial charge in [0.25, 0.3) is 5.91 Å². The third kappa shape index (κ3) is 6.09. The summed E-state index contributed by atoms with van der Waals surface area (Å²) in [4.78, 5) is 25.4. The molecule has 0 aliphatic rings. The van der Waals surface area contributed by atoms with Crippen LogP contribution in [0.5, 0.6) is 17.2 Å². The molecular weight excluding hydrogens is 392 g/mol. The van der Waals surface area contributed by atoms with E-state index >= 15 is 0 Å². The minimum Gasteiger partial charge on any atom is -0.492 e. The molecule has 0 fully saturated rings. The predicted molar refractivity (Wildman–Crippen MR) is 120 cm³/mol. The summed E-state index contributed by atoms with van der Waals surface area (Å²) < 4.78 is 11.5. The highest BCUT2D eigenvalue weighted by atomic mass is 16.5. The van der Waals surface area contributed by atoms with Crippen LogP contribution in [0.1, 0.15) is 31.8 Å². The van der Waals surface area contributed by atoms with Crippen molar-refractivity contribution in [2.45, 2.75) is 13.8 Å². The summed E-state index contributed by atoms with van der Waals surface area (Å²) >= 11 is 0. The first-order chi connectivity index (χ1) is 14.8. The highest BCUT2D eigenvalue weighted by Gasteiger charge is 2.12. The second-order valence-corrected chi connectivity index (χ2v) is 7.41. The Kier molecular flexibility index (Phi) is 6.92. The summed E-state index contributed by atoms with van der Waals surface area (Å²) in [5, 5.41) is 0. The monoisotopic (exact) mass is 418 g/mol. The number of amides is 2. The van der Waals surface area contributed by atoms with Crippen LogP contribution in [0.15, 0.2) is 66.7 Å². The quantitative estimate of drug-likeness (QED) is 0.590. The molecular formula is C25H26N2O4. The van der Waals surface area contributed by atoms with Crippen LogP contribution in [-0.2, 0) is 0 Å². The van der Waals surface area contributed by atoms with E-state index in [-0.39, 0.29) is 5.91 Å². The van der Waals surface area contributed by atoms with Crippen LogP contribution in [0.25, 0.3) is 0 Å². The summed E-state index contributed by atoms with van der Waals surface area (Å²) in [5.74, 6) is 1.39. The minimum atomic E-state index is -0.488. The molecule has 3 rings (SSSR count). The van der Waals surface area contributed by atoms with Gasteiger partial charge in [-0.05, 0) is 85.6 Å². The van der Waals surface area contributed by atoms with Crippen molar-refractivity contribution in [2.24, 2.45) is 5.73 Å². The second kappa shape index (κ2) is 9.80. The highest BCUT2D eigenvalue weighted by molar-refractivity contribution is 5.94. The first-order valence-corrected chi connectivity index (χ1v) is 9.96. The number of primary amides is 1. The lowest BCUT2D eigenvalue weighted by atomic mass is 10.1. The van der Waals surface area contributed by atoms with Gasteiger partial charge < -0.3 is 20.1 Å². The molecule has 0 saturated carbocycles. The van der Waals surface area contributed by atoms with E-state index in [2.05, 4.69) is 6.07 Å². The Labute approximate surface area is 182 Å². The molecule has 0 atom stereocenters. The molecule has 0 aliphatic carbocycles. The molecule has 0 saturated heterocycles. The maximum Gasteiger partial charge on any atom is 0.253 e. The molecule has 3 aromatic carbocycles. The van der Waals surface area contributed by atoms with Crippen molar-refractivity contribution in [3.05, 3.63) is 89.0 Å². The van der Waals surface area contributed by atoms with E-state index in [1.165, 1.54) is 0 Å². The summed E-state index contributed by atoms with van der Waals surface area (Å²) in [6.45, 7) is 4.93. The van der Waals surface area contributed by atoms with Crippen molar-refractivity contribution in [1.29, 1.82) is 0 Å². The fraction of sp³-hybridized carbons (Fsp3) is 0.200. The Balaban J connectivity index is 1.53. The van der Waals surface area contributed by atoms with Crippen molar-refractivity contribution in [3.8, 4) is 17.2 Å². The van der Waals surface area contributed by atoms with Crippen LogP contribution in [0, 0.1) is 13.8 Å². The smallest absolute Gasteiger partial charge is 0.253 e. The maximum absolute atomic E-state index is 12.7. The van der Waals surface area contributed by atoms with Gasteiger partial charge in [0, 0.05) is 18.2 Å². The van der Waals surface area contributed by atoms with Gasteiger partial charge in [0.05, 0.1) is 6.54 Å². The van der Waals surface area contributed by atoms with E-state index in [1.807, 2.05) is 26.0 Å². The molecule has 0 radical (unpaired) electrons. The summed E-state index contributed by atoms with van der Waals surface area (Å²) in [6.07, 6.45) is 0. The predicted octanol–water partition coefficient (Wildman–Crippen LogP) is 4.35. The van der Waals surface area contributed by atoms with Gasteiger partial charge in [-0.25, -0.2) is 0 Å². The van der Waals surface area contributed by atoms with Crippen LogP contribution in [-0.4, -0.2) is 36.9 Å². The summed E-state index contributed by atoms with van der Waals surface area (Å²) in [6, 6.07) is 19.5. The van der Waals surface area contributed by atoms with Crippen molar-refractivity contribution < 1.29 is 19.1 Å². The highest BCUT2D eigenvalue weighted by Crippen LogP contribution is 2.22. The molecule has 0 spiro atoms. The number of ether oxygens (including phenoxy) is 2. The first kappa shape index (κ1) is 21.9. The van der Waals surface area contributed by atoms with E-state index in [0.717, 1.165) is 16.9 Å². The van der Waals surface area contributed by atoms with Gasteiger partial charge in [-0.1, -0.05) is 6.07 Å². The molecule has 2 N–H and O–H groups in total. The van der Waals surface area contributed by atoms with Gasteiger partial charge in [-0.2, -0.15) is 0 Å². The van der Waals surface area contributed by atoms with Gasteiger partial charge >= 0.3 is 0 Å². The number of likely N-dealkylation sites (N-methyl/N-ethyl adjacent to an activating group) is 1. The standard InChI is InChI=1S/C25H26N2O4/c1-17-14-18(2)16-23(15-17)30-13-12-27(3)25(29)20-6-10-22(11-7-20)31-21-8-4-19(5-9-21)24(26)28/h4-11,14-16H,12-13H2,1-3H3,(H2,26,28). The Hall–Kier alpha value is -3.80. The number of nitrogens with two attached hydrogens (primary N) is 1. The number of carbonyl (C=O) groups excluding carboxylic acids is 2. The topological polar surface area (TPSA) is 81.9 Å². The van der Waals surface area contributed by atoms with Gasteiger partial charge in [-0.15, -0.1) is 0 Å². The Morgan fingerprint density at radius 2 is 1.32 bits per heavy atom. The van der Waals surface area contributed by atoms with Gasteiger partial charge in [-0.3, -0.25) is 9.59 Å². The van der Waals surface area contributed by atoms with E-state index < -0.39 is 5.91 Å². The SMILES string of the molecule is Cc1cc(C)cc(OCCN(C)C(=O)c2ccc(Oc3ccc(C(N)=O)cc3)cc2)c1. The molecule has 6 nitrogen and oxygen atoms in total. The minimum absolute atomic E-state index is 0.0959. The lowest BCUT2D eigenvalue weighted by molar-refractivity contribution is 0.0773. The molecule has 0 aliphatic heterocycles. The van der Waals surface area contributed by atoms with Crippen LogP contribution in [0.3, 0.4) is 0 Å². The van der Waals surface area contributed by atoms with Crippen molar-refractivity contribution in [1.82, 2.24) is 4.90 Å². The van der Waals surface area contributed by atoms with E-state index in [1.54, 1.807) is 60.5 Å². The zero-order chi connectivity index (χ0) is 22.4. The van der Waals surface area contributed by atoms with E-state index in [9.17, 15) is 9.59 Å². The molecule has 160 valence electrons. The third-order valence-corrected chi connectivity index (χ3v) is 4.71. The molecule has 0 aromatic heterocycles. The largest absolute Gasteiger partial charge is 0.492 e. The summed E-state index contributed by atoms with van der Waals surface area (Å²) in [5.41, 5.74) is 8.50. The van der Waals surface area contributed by atoms with Crippen molar-refractivity contribution >= 4 is 11.8 Å². The molecule has 3 aromatic rings. The van der Waals surface area contributed by atoms with Crippen molar-refractivity contribution in [2.75, 3.05) is 20.2 Å². The van der Waals surface area contributed by atoms with Crippen LogP contribution in [0.4, 0.5) is 0 Å². The normalized spacial score (nSPS) is 10.4. The van der Waals surface area contributed by atoms with Gasteiger partial charge in [0.15, 0.2) is 0 Å². The van der Waals surface area contributed by atoms with Crippen LogP contribution >= 0.6 is 0 Å². The number of rotatable bonds is 8. The van der Waals surface area contributed by atoms with Gasteiger partial charge in [0.1, 0.15) is 23.9 Å². The van der Waals surface area contributed by atoms with Crippen LogP contribution in [0.2, 0.25) is 0 Å². The second-order valence-electron chi connectivity index (χ2n) is 7.41. The molecule has 0 heterocycles. The number of nitrogens with zero attached hydrogens (tertiary/aromatic N) is 1. The fourth-order valence-electron chi connectivity index (χ4n) is 3.13.